The minimum atomic E-state index is -0.156. The van der Waals surface area contributed by atoms with Crippen molar-refractivity contribution < 1.29 is 14.3 Å². The lowest BCUT2D eigenvalue weighted by atomic mass is 9.90. The van der Waals surface area contributed by atoms with E-state index in [1.165, 1.54) is 16.9 Å². The molecule has 1 atom stereocenters. The van der Waals surface area contributed by atoms with E-state index in [-0.39, 0.29) is 5.91 Å². The summed E-state index contributed by atoms with van der Waals surface area (Å²) in [6.07, 6.45) is 3.33. The van der Waals surface area contributed by atoms with E-state index < -0.39 is 0 Å². The van der Waals surface area contributed by atoms with Gasteiger partial charge >= 0.3 is 0 Å². The Labute approximate surface area is 158 Å². The van der Waals surface area contributed by atoms with Crippen molar-refractivity contribution in [3.05, 3.63) is 45.1 Å². The van der Waals surface area contributed by atoms with E-state index in [9.17, 15) is 4.79 Å². The number of hydrogen-bond acceptors (Lipinski definition) is 5. The summed E-state index contributed by atoms with van der Waals surface area (Å²) in [4.78, 5) is 14.5. The van der Waals surface area contributed by atoms with Gasteiger partial charge in [-0.05, 0) is 61.9 Å². The topological polar surface area (TPSA) is 59.9 Å². The molecule has 0 aliphatic heterocycles. The third-order valence-electron chi connectivity index (χ3n) is 4.68. The van der Waals surface area contributed by atoms with Gasteiger partial charge in [0.2, 0.25) is 0 Å². The van der Waals surface area contributed by atoms with Crippen molar-refractivity contribution in [2.24, 2.45) is 11.0 Å². The number of methoxy groups -OCH3 is 2. The first kappa shape index (κ1) is 18.5. The number of nitrogens with one attached hydrogen (secondary N) is 1. The van der Waals surface area contributed by atoms with Crippen molar-refractivity contribution in [2.45, 2.75) is 33.1 Å². The van der Waals surface area contributed by atoms with E-state index in [4.69, 9.17) is 9.47 Å². The van der Waals surface area contributed by atoms with Crippen LogP contribution in [-0.2, 0) is 12.8 Å². The smallest absolute Gasteiger partial charge is 0.281 e. The lowest BCUT2D eigenvalue weighted by Gasteiger charge is -2.16. The van der Waals surface area contributed by atoms with Gasteiger partial charge in [0.25, 0.3) is 5.91 Å². The number of carbonyl (C=O) groups is 1. The first-order valence-electron chi connectivity index (χ1n) is 8.70. The highest BCUT2D eigenvalue weighted by molar-refractivity contribution is 7.14. The number of hydrazone groups is 1. The summed E-state index contributed by atoms with van der Waals surface area (Å²) in [5, 5.41) is 4.25. The number of thiophene rings is 1. The molecule has 1 heterocycles. The molecule has 1 aliphatic rings. The van der Waals surface area contributed by atoms with Crippen molar-refractivity contribution in [1.82, 2.24) is 5.43 Å². The van der Waals surface area contributed by atoms with Crippen LogP contribution in [0.15, 0.2) is 29.4 Å². The zero-order valence-corrected chi connectivity index (χ0v) is 16.4. The Balaban J connectivity index is 1.72. The summed E-state index contributed by atoms with van der Waals surface area (Å²) >= 11 is 1.59. The molecule has 0 spiro atoms. The summed E-state index contributed by atoms with van der Waals surface area (Å²) in [6, 6.07) is 7.57. The zero-order chi connectivity index (χ0) is 18.7. The van der Waals surface area contributed by atoms with Crippen LogP contribution in [-0.4, -0.2) is 25.8 Å². The summed E-state index contributed by atoms with van der Waals surface area (Å²) in [7, 11) is 3.19. The fourth-order valence-electron chi connectivity index (χ4n) is 3.13. The fourth-order valence-corrected chi connectivity index (χ4v) is 4.23. The third-order valence-corrected chi connectivity index (χ3v) is 5.92. The van der Waals surface area contributed by atoms with Crippen molar-refractivity contribution >= 4 is 23.0 Å². The zero-order valence-electron chi connectivity index (χ0n) is 15.6. The molecule has 26 heavy (non-hydrogen) atoms. The summed E-state index contributed by atoms with van der Waals surface area (Å²) in [5.74, 6) is 1.83. The van der Waals surface area contributed by atoms with Gasteiger partial charge in [0, 0.05) is 10.4 Å². The predicted octanol–water partition coefficient (Wildman–Crippen LogP) is 4.04. The van der Waals surface area contributed by atoms with Crippen LogP contribution in [0.1, 0.15) is 45.9 Å². The number of hydrogen-bond donors (Lipinski definition) is 1. The molecule has 3 rings (SSSR count). The van der Waals surface area contributed by atoms with Crippen LogP contribution in [0, 0.1) is 5.92 Å². The average Bonchev–Trinajstić information content (AvgIpc) is 3.08. The van der Waals surface area contributed by atoms with E-state index in [0.717, 1.165) is 23.3 Å². The molecule has 0 unspecified atom stereocenters. The number of amides is 1. The van der Waals surface area contributed by atoms with Crippen molar-refractivity contribution in [2.75, 3.05) is 14.2 Å². The molecular formula is C20H24N2O3S. The molecule has 0 fully saturated rings. The number of carbonyl (C=O) groups excluding carboxylic acids is 1. The van der Waals surface area contributed by atoms with Gasteiger partial charge in [0.05, 0.1) is 24.8 Å². The van der Waals surface area contributed by atoms with Gasteiger partial charge in [-0.15, -0.1) is 11.3 Å². The van der Waals surface area contributed by atoms with E-state index >= 15 is 0 Å². The van der Waals surface area contributed by atoms with Gasteiger partial charge in [-0.2, -0.15) is 5.10 Å². The number of ether oxygens (including phenoxy) is 2. The molecule has 5 nitrogen and oxygen atoms in total. The number of aryl methyl sites for hydroxylation is 1. The van der Waals surface area contributed by atoms with E-state index in [0.29, 0.717) is 23.1 Å². The summed E-state index contributed by atoms with van der Waals surface area (Å²) < 4.78 is 10.6. The minimum absolute atomic E-state index is 0.156. The second-order valence-corrected chi connectivity index (χ2v) is 7.75. The minimum Gasteiger partial charge on any atom is -0.493 e. The van der Waals surface area contributed by atoms with Gasteiger partial charge < -0.3 is 9.47 Å². The van der Waals surface area contributed by atoms with Crippen molar-refractivity contribution in [3.63, 3.8) is 0 Å². The Morgan fingerprint density at radius 3 is 2.73 bits per heavy atom. The number of nitrogens with zero attached hydrogens (tertiary/aromatic N) is 1. The maximum Gasteiger partial charge on any atom is 0.281 e. The molecule has 1 N–H and O–H groups in total. The fraction of sp³-hybridized carbons (Fsp3) is 0.400. The molecule has 1 amide bonds. The van der Waals surface area contributed by atoms with E-state index in [1.54, 1.807) is 25.6 Å². The Bertz CT molecular complexity index is 842. The van der Waals surface area contributed by atoms with Gasteiger partial charge in [0.1, 0.15) is 0 Å². The van der Waals surface area contributed by atoms with Crippen LogP contribution in [0.5, 0.6) is 11.5 Å². The molecule has 6 heteroatoms. The molecule has 0 radical (unpaired) electrons. The molecule has 1 aliphatic carbocycles. The SMILES string of the molecule is COc1ccc(/C(C)=N\NC(=O)c2cc3c(s2)CC[C@@H](C)C3)cc1OC. The predicted molar refractivity (Wildman–Crippen MR) is 105 cm³/mol. The third kappa shape index (κ3) is 3.90. The summed E-state index contributed by atoms with van der Waals surface area (Å²) in [6.45, 7) is 4.11. The van der Waals surface area contributed by atoms with Crippen LogP contribution in [0.2, 0.25) is 0 Å². The molecule has 0 saturated carbocycles. The largest absolute Gasteiger partial charge is 0.493 e. The van der Waals surface area contributed by atoms with Gasteiger partial charge in [-0.1, -0.05) is 6.92 Å². The Hall–Kier alpha value is -2.34. The lowest BCUT2D eigenvalue weighted by Crippen LogP contribution is -2.18. The molecule has 1 aromatic carbocycles. The van der Waals surface area contributed by atoms with Gasteiger partial charge in [-0.25, -0.2) is 5.43 Å². The monoisotopic (exact) mass is 372 g/mol. The first-order chi connectivity index (χ1) is 12.5. The van der Waals surface area contributed by atoms with Crippen LogP contribution < -0.4 is 14.9 Å². The van der Waals surface area contributed by atoms with E-state index in [1.807, 2.05) is 31.2 Å². The standard InChI is InChI=1S/C20H24N2O3S/c1-12-5-8-18-15(9-12)11-19(26-18)20(23)22-21-13(2)14-6-7-16(24-3)17(10-14)25-4/h6-7,10-12H,5,8-9H2,1-4H3,(H,22,23)/b21-13-/t12-/m1/s1. The normalized spacial score (nSPS) is 16.8. The molecular weight excluding hydrogens is 348 g/mol. The average molecular weight is 372 g/mol. The molecule has 0 bridgehead atoms. The van der Waals surface area contributed by atoms with Crippen molar-refractivity contribution in [3.8, 4) is 11.5 Å². The van der Waals surface area contributed by atoms with E-state index in [2.05, 4.69) is 17.5 Å². The molecule has 0 saturated heterocycles. The molecule has 1 aromatic heterocycles. The molecule has 138 valence electrons. The quantitative estimate of drug-likeness (QED) is 0.636. The van der Waals surface area contributed by atoms with Crippen LogP contribution in [0.4, 0.5) is 0 Å². The highest BCUT2D eigenvalue weighted by Crippen LogP contribution is 2.32. The number of benzene rings is 1. The second-order valence-electron chi connectivity index (χ2n) is 6.61. The Morgan fingerprint density at radius 2 is 2.00 bits per heavy atom. The van der Waals surface area contributed by atoms with Crippen LogP contribution in [0.25, 0.3) is 0 Å². The summed E-state index contributed by atoms with van der Waals surface area (Å²) in [5.41, 5.74) is 5.56. The van der Waals surface area contributed by atoms with Crippen LogP contribution in [0.3, 0.4) is 0 Å². The maximum atomic E-state index is 12.5. The number of rotatable bonds is 5. The molecule has 2 aromatic rings. The Kier molecular flexibility index (Phi) is 5.61. The van der Waals surface area contributed by atoms with Gasteiger partial charge in [-0.3, -0.25) is 4.79 Å². The Morgan fingerprint density at radius 1 is 1.23 bits per heavy atom. The highest BCUT2D eigenvalue weighted by atomic mass is 32.1. The second kappa shape index (κ2) is 7.91. The van der Waals surface area contributed by atoms with Gasteiger partial charge in [0.15, 0.2) is 11.5 Å². The lowest BCUT2D eigenvalue weighted by molar-refractivity contribution is 0.0959. The first-order valence-corrected chi connectivity index (χ1v) is 9.52. The highest BCUT2D eigenvalue weighted by Gasteiger charge is 2.20. The van der Waals surface area contributed by atoms with Crippen LogP contribution >= 0.6 is 11.3 Å². The maximum absolute atomic E-state index is 12.5. The number of fused-ring (bicyclic) bond motifs is 1. The van der Waals surface area contributed by atoms with Crippen molar-refractivity contribution in [1.29, 1.82) is 0 Å².